The highest BCUT2D eigenvalue weighted by Gasteiger charge is 2.52. The Kier molecular flexibility index (Phi) is 7.67. The van der Waals surface area contributed by atoms with Crippen molar-refractivity contribution >= 4 is 13.3 Å². The Labute approximate surface area is 288 Å². The summed E-state index contributed by atoms with van der Waals surface area (Å²) in [6.07, 6.45) is 14.1. The quantitative estimate of drug-likeness (QED) is 0.0986. The van der Waals surface area contributed by atoms with Gasteiger partial charge in [0.2, 0.25) is 11.4 Å². The number of allylic oxidation sites excluding steroid dienone is 1. The first-order valence-electron chi connectivity index (χ1n) is 18.2. The number of aryl methyl sites for hydroxylation is 3. The molecule has 2 nitrogen and oxygen atoms in total. The van der Waals surface area contributed by atoms with Crippen molar-refractivity contribution in [2.45, 2.75) is 90.5 Å². The van der Waals surface area contributed by atoms with Crippen LogP contribution in [0.1, 0.15) is 77.1 Å². The van der Waals surface area contributed by atoms with Crippen LogP contribution in [0.15, 0.2) is 104 Å². The fourth-order valence-electron chi connectivity index (χ4n) is 9.56. The van der Waals surface area contributed by atoms with E-state index in [1.165, 1.54) is 93.6 Å². The molecule has 2 aromatic heterocycles. The Balaban J connectivity index is 1.36. The summed E-state index contributed by atoms with van der Waals surface area (Å²) >= 11 is 0. The molecule has 0 saturated heterocycles. The predicted octanol–water partition coefficient (Wildman–Crippen LogP) is 9.89. The Bertz CT molecular complexity index is 2060. The molecule has 48 heavy (non-hydrogen) atoms. The van der Waals surface area contributed by atoms with Crippen LogP contribution in [0.4, 0.5) is 0 Å². The molecule has 4 heterocycles. The second kappa shape index (κ2) is 11.8. The van der Waals surface area contributed by atoms with E-state index in [0.717, 1.165) is 5.92 Å². The number of aromatic nitrogens is 2. The zero-order valence-corrected chi connectivity index (χ0v) is 30.7. The number of nitrogens with zero attached hydrogens (tertiary/aromatic N) is 2. The molecular weight excluding hydrogens is 597 g/mol. The van der Waals surface area contributed by atoms with Gasteiger partial charge in [0.25, 0.3) is 0 Å². The van der Waals surface area contributed by atoms with Gasteiger partial charge in [-0.25, -0.2) is 0 Å². The number of hydrogen-bond donors (Lipinski definition) is 0. The van der Waals surface area contributed by atoms with Gasteiger partial charge in [-0.1, -0.05) is 107 Å². The Morgan fingerprint density at radius 3 is 2.19 bits per heavy atom. The van der Waals surface area contributed by atoms with E-state index in [9.17, 15) is 0 Å². The van der Waals surface area contributed by atoms with E-state index in [4.69, 9.17) is 0 Å². The van der Waals surface area contributed by atoms with Gasteiger partial charge in [0.05, 0.1) is 19.2 Å². The normalized spacial score (nSPS) is 19.8. The summed E-state index contributed by atoms with van der Waals surface area (Å²) in [7, 11) is -1.63. The third-order valence-corrected chi connectivity index (χ3v) is 13.7. The molecular formula is C45H50N2Si+2. The van der Waals surface area contributed by atoms with Crippen LogP contribution in [-0.4, -0.2) is 8.07 Å². The van der Waals surface area contributed by atoms with Crippen molar-refractivity contribution in [3.05, 3.63) is 137 Å². The molecule has 0 N–H and O–H groups in total. The molecule has 1 saturated carbocycles. The molecule has 3 atom stereocenters. The largest absolute Gasteiger partial charge is 0.214 e. The first-order valence-corrected chi connectivity index (χ1v) is 21.7. The summed E-state index contributed by atoms with van der Waals surface area (Å²) in [5.74, 6) is 1.02. The maximum absolute atomic E-state index is 4.58. The lowest BCUT2D eigenvalue weighted by molar-refractivity contribution is -0.739. The first kappa shape index (κ1) is 31.2. The highest BCUT2D eigenvalue weighted by atomic mass is 28.3. The minimum Gasteiger partial charge on any atom is -0.191 e. The summed E-state index contributed by atoms with van der Waals surface area (Å²) < 4.78 is 5.26. The Hall–Kier alpha value is -4.08. The molecule has 0 amide bonds. The lowest BCUT2D eigenvalue weighted by Crippen LogP contribution is -2.56. The molecule has 2 aliphatic heterocycles. The number of pyridine rings is 2. The van der Waals surface area contributed by atoms with Crippen LogP contribution in [0, 0.1) is 26.7 Å². The van der Waals surface area contributed by atoms with Gasteiger partial charge in [-0.3, -0.25) is 0 Å². The lowest BCUT2D eigenvalue weighted by Gasteiger charge is -2.33. The van der Waals surface area contributed by atoms with E-state index in [0.29, 0.717) is 0 Å². The lowest BCUT2D eigenvalue weighted by atomic mass is 9.75. The molecule has 3 unspecified atom stereocenters. The third-order valence-electron chi connectivity index (χ3n) is 11.7. The van der Waals surface area contributed by atoms with Crippen LogP contribution >= 0.6 is 0 Å². The molecule has 3 heteroatoms. The predicted molar refractivity (Wildman–Crippen MR) is 203 cm³/mol. The fourth-order valence-corrected chi connectivity index (χ4v) is 11.2. The molecule has 3 aliphatic rings. The first-order chi connectivity index (χ1) is 23.1. The molecule has 1 fully saturated rings. The maximum Gasteiger partial charge on any atom is 0.214 e. The summed E-state index contributed by atoms with van der Waals surface area (Å²) in [6.45, 7) is 19.0. The molecule has 5 aromatic rings. The van der Waals surface area contributed by atoms with Gasteiger partial charge in [0.1, 0.15) is 5.92 Å². The fraction of sp³-hybridized carbons (Fsp3) is 0.333. The van der Waals surface area contributed by atoms with Crippen molar-refractivity contribution in [3.63, 3.8) is 0 Å². The topological polar surface area (TPSA) is 7.76 Å². The van der Waals surface area contributed by atoms with E-state index < -0.39 is 8.07 Å². The molecule has 0 radical (unpaired) electrons. The zero-order valence-electron chi connectivity index (χ0n) is 29.7. The van der Waals surface area contributed by atoms with Gasteiger partial charge in [-0.2, -0.15) is 9.13 Å². The smallest absolute Gasteiger partial charge is 0.191 e. The van der Waals surface area contributed by atoms with Crippen molar-refractivity contribution < 1.29 is 9.13 Å². The van der Waals surface area contributed by atoms with Gasteiger partial charge in [0, 0.05) is 28.4 Å². The summed E-state index contributed by atoms with van der Waals surface area (Å²) in [4.78, 5) is 0. The zero-order chi connectivity index (χ0) is 33.3. The van der Waals surface area contributed by atoms with Crippen LogP contribution in [0.3, 0.4) is 0 Å². The number of benzene rings is 3. The van der Waals surface area contributed by atoms with Crippen LogP contribution in [-0.2, 0) is 6.42 Å². The van der Waals surface area contributed by atoms with Gasteiger partial charge < -0.3 is 0 Å². The van der Waals surface area contributed by atoms with Crippen LogP contribution in [0.5, 0.6) is 0 Å². The maximum atomic E-state index is 4.58. The van der Waals surface area contributed by atoms with E-state index in [-0.39, 0.29) is 18.0 Å². The van der Waals surface area contributed by atoms with Crippen molar-refractivity contribution in [3.8, 4) is 33.6 Å². The highest BCUT2D eigenvalue weighted by Crippen LogP contribution is 2.51. The van der Waals surface area contributed by atoms with E-state index in [1.54, 1.807) is 10.8 Å². The minimum absolute atomic E-state index is 0.122. The molecule has 0 bridgehead atoms. The molecule has 0 spiro atoms. The number of fused-ring (bicyclic) bond motifs is 6. The molecule has 8 rings (SSSR count). The standard InChI is InChI=1S/C45H50N2Si/c1-8-39-44(36-21-15-14-20-35(36)40-25-34(24-32-16-12-13-17-32)42(28-46(39)40)48(5,6)7)45-43-30(3)22-29(2)23-38(43)41-26-37(31(4)27-47(41)45)33-18-10-9-11-19-33/h8-11,14-15,18-23,25-28,32,39,44-45H,1,12-13,16-17,24H2,2-7H3/q+2. The van der Waals surface area contributed by atoms with Crippen molar-refractivity contribution in [2.24, 2.45) is 5.92 Å². The molecule has 3 aromatic carbocycles. The number of rotatable bonds is 6. The Morgan fingerprint density at radius 2 is 1.46 bits per heavy atom. The van der Waals surface area contributed by atoms with Crippen molar-refractivity contribution in [1.82, 2.24) is 0 Å². The monoisotopic (exact) mass is 646 g/mol. The third kappa shape index (κ3) is 5.05. The van der Waals surface area contributed by atoms with Crippen molar-refractivity contribution in [2.75, 3.05) is 0 Å². The molecule has 1 aliphatic carbocycles. The van der Waals surface area contributed by atoms with Gasteiger partial charge in [0.15, 0.2) is 24.5 Å². The second-order valence-corrected chi connectivity index (χ2v) is 21.0. The van der Waals surface area contributed by atoms with E-state index in [1.807, 2.05) is 0 Å². The summed E-state index contributed by atoms with van der Waals surface area (Å²) in [6, 6.07) is 30.3. The van der Waals surface area contributed by atoms with Crippen LogP contribution in [0.2, 0.25) is 19.6 Å². The highest BCUT2D eigenvalue weighted by molar-refractivity contribution is 6.89. The Morgan fingerprint density at radius 1 is 0.750 bits per heavy atom. The van der Waals surface area contributed by atoms with E-state index in [2.05, 4.69) is 153 Å². The SMILES string of the molecule is C=CC1C(C2c3c(C)cc(C)cc3-c3cc(-c4ccccc4)c(C)c[n+]32)c2ccccc2-c2cc(CC3CCCC3)c([Si](C)(C)C)c[n+]21. The summed E-state index contributed by atoms with van der Waals surface area (Å²) in [5, 5.41) is 1.62. The van der Waals surface area contributed by atoms with Gasteiger partial charge in [-0.15, -0.1) is 0 Å². The average Bonchev–Trinajstić information content (AvgIpc) is 3.69. The van der Waals surface area contributed by atoms with Crippen molar-refractivity contribution in [1.29, 1.82) is 0 Å². The van der Waals surface area contributed by atoms with Crippen LogP contribution in [0.25, 0.3) is 33.6 Å². The van der Waals surface area contributed by atoms with Crippen LogP contribution < -0.4 is 14.3 Å². The van der Waals surface area contributed by atoms with E-state index >= 15 is 0 Å². The second-order valence-electron chi connectivity index (χ2n) is 16.0. The minimum atomic E-state index is -1.63. The number of hydrogen-bond acceptors (Lipinski definition) is 0. The average molecular weight is 647 g/mol. The van der Waals surface area contributed by atoms with Gasteiger partial charge in [-0.05, 0) is 84.7 Å². The summed E-state index contributed by atoms with van der Waals surface area (Å²) in [5.41, 5.74) is 16.5. The van der Waals surface area contributed by atoms with Gasteiger partial charge >= 0.3 is 0 Å². The molecule has 242 valence electrons.